The maximum atomic E-state index is 12.1. The zero-order chi connectivity index (χ0) is 15.4. The Morgan fingerprint density at radius 3 is 2.29 bits per heavy atom. The molecule has 0 spiro atoms. The van der Waals surface area contributed by atoms with Gasteiger partial charge in [0, 0.05) is 10.5 Å². The van der Waals surface area contributed by atoms with E-state index in [1.54, 1.807) is 18.2 Å². The highest BCUT2D eigenvalue weighted by molar-refractivity contribution is 8.00. The third kappa shape index (κ3) is 4.50. The summed E-state index contributed by atoms with van der Waals surface area (Å²) in [6, 6.07) is 13.3. The summed E-state index contributed by atoms with van der Waals surface area (Å²) in [5.74, 6) is 0.951. The first kappa shape index (κ1) is 16.4. The van der Waals surface area contributed by atoms with Crippen LogP contribution in [0.4, 0.5) is 0 Å². The number of hydrogen-bond acceptors (Lipinski definition) is 2. The van der Waals surface area contributed by atoms with Crippen LogP contribution in [-0.4, -0.2) is 11.5 Å². The van der Waals surface area contributed by atoms with Gasteiger partial charge in [-0.25, -0.2) is 0 Å². The van der Waals surface area contributed by atoms with E-state index in [0.29, 0.717) is 27.3 Å². The molecule has 2 aromatic rings. The van der Waals surface area contributed by atoms with Crippen LogP contribution < -0.4 is 0 Å². The number of thioether (sulfide) groups is 1. The molecule has 0 N–H and O–H groups in total. The molecule has 2 aromatic carbocycles. The highest BCUT2D eigenvalue weighted by Crippen LogP contribution is 2.25. The normalized spacial score (nSPS) is 10.9. The lowest BCUT2D eigenvalue weighted by atomic mass is 10.0. The Balaban J connectivity index is 1.98. The minimum absolute atomic E-state index is 0.0477. The Morgan fingerprint density at radius 2 is 1.71 bits per heavy atom. The number of ketones is 1. The summed E-state index contributed by atoms with van der Waals surface area (Å²) < 4.78 is 0. The Kier molecular flexibility index (Phi) is 5.74. The van der Waals surface area contributed by atoms with Crippen LogP contribution in [0.1, 0.15) is 35.7 Å². The van der Waals surface area contributed by atoms with Crippen molar-refractivity contribution in [2.45, 2.75) is 24.7 Å². The number of Topliss-reactive ketones (excluding diaryl/α,β-unsaturated/α-hetero) is 1. The largest absolute Gasteiger partial charge is 0.293 e. The molecule has 0 aromatic heterocycles. The third-order valence-corrected chi connectivity index (χ3v) is 4.91. The topological polar surface area (TPSA) is 17.1 Å². The van der Waals surface area contributed by atoms with Crippen LogP contribution in [-0.2, 0) is 0 Å². The van der Waals surface area contributed by atoms with E-state index in [4.69, 9.17) is 23.2 Å². The number of carbonyl (C=O) groups excluding carboxylic acids is 1. The molecule has 4 heteroatoms. The first-order valence-electron chi connectivity index (χ1n) is 6.68. The molecule has 110 valence electrons. The summed E-state index contributed by atoms with van der Waals surface area (Å²) in [5, 5.41) is 0.874. The molecular formula is C17H16Cl2OS. The van der Waals surface area contributed by atoms with E-state index in [9.17, 15) is 4.79 Å². The van der Waals surface area contributed by atoms with Crippen molar-refractivity contribution in [3.63, 3.8) is 0 Å². The Bertz CT molecular complexity index is 636. The Labute approximate surface area is 139 Å². The number of rotatable bonds is 5. The number of hydrogen-bond donors (Lipinski definition) is 0. The SMILES string of the molecule is CC(C)c1ccc(SCC(=O)c2ccc(Cl)c(Cl)c2)cc1. The Morgan fingerprint density at radius 1 is 1.05 bits per heavy atom. The molecule has 0 atom stereocenters. The molecule has 0 aliphatic carbocycles. The van der Waals surface area contributed by atoms with Gasteiger partial charge in [-0.2, -0.15) is 0 Å². The van der Waals surface area contributed by atoms with Crippen LogP contribution in [0.5, 0.6) is 0 Å². The fourth-order valence-corrected chi connectivity index (χ4v) is 2.94. The summed E-state index contributed by atoms with van der Waals surface area (Å²) in [6.45, 7) is 4.33. The molecule has 0 amide bonds. The summed E-state index contributed by atoms with van der Waals surface area (Å²) >= 11 is 13.3. The molecule has 2 rings (SSSR count). The molecule has 0 fully saturated rings. The minimum atomic E-state index is 0.0477. The standard InChI is InChI=1S/C17H16Cl2OS/c1-11(2)12-3-6-14(7-4-12)21-10-17(20)13-5-8-15(18)16(19)9-13/h3-9,11H,10H2,1-2H3. The first-order valence-corrected chi connectivity index (χ1v) is 8.42. The quantitative estimate of drug-likeness (QED) is 0.484. The molecule has 0 bridgehead atoms. The third-order valence-electron chi connectivity index (χ3n) is 3.16. The molecule has 21 heavy (non-hydrogen) atoms. The van der Waals surface area contributed by atoms with Crippen LogP contribution in [0.2, 0.25) is 10.0 Å². The summed E-state index contributed by atoms with van der Waals surface area (Å²) in [5.41, 5.74) is 1.89. The van der Waals surface area contributed by atoms with Gasteiger partial charge in [0.25, 0.3) is 0 Å². The highest BCUT2D eigenvalue weighted by atomic mass is 35.5. The highest BCUT2D eigenvalue weighted by Gasteiger charge is 2.09. The molecule has 0 aliphatic rings. The van der Waals surface area contributed by atoms with E-state index in [-0.39, 0.29) is 5.78 Å². The lowest BCUT2D eigenvalue weighted by molar-refractivity contribution is 0.102. The van der Waals surface area contributed by atoms with Gasteiger partial charge in [-0.15, -0.1) is 11.8 Å². The van der Waals surface area contributed by atoms with Gasteiger partial charge >= 0.3 is 0 Å². The lowest BCUT2D eigenvalue weighted by Gasteiger charge is -2.07. The van der Waals surface area contributed by atoms with Crippen molar-refractivity contribution in [1.82, 2.24) is 0 Å². The van der Waals surface area contributed by atoms with Gasteiger partial charge in [0.2, 0.25) is 0 Å². The van der Waals surface area contributed by atoms with Crippen molar-refractivity contribution < 1.29 is 4.79 Å². The predicted molar refractivity (Wildman–Crippen MR) is 92.0 cm³/mol. The number of benzene rings is 2. The van der Waals surface area contributed by atoms with Crippen molar-refractivity contribution in [1.29, 1.82) is 0 Å². The monoisotopic (exact) mass is 338 g/mol. The zero-order valence-corrected chi connectivity index (χ0v) is 14.2. The zero-order valence-electron chi connectivity index (χ0n) is 11.9. The van der Waals surface area contributed by atoms with Gasteiger partial charge in [0.05, 0.1) is 15.8 Å². The van der Waals surface area contributed by atoms with E-state index in [0.717, 1.165) is 4.90 Å². The fourth-order valence-electron chi connectivity index (χ4n) is 1.85. The van der Waals surface area contributed by atoms with Gasteiger partial charge < -0.3 is 0 Å². The molecule has 0 radical (unpaired) electrons. The van der Waals surface area contributed by atoms with Crippen LogP contribution in [0.25, 0.3) is 0 Å². The molecule has 0 saturated carbocycles. The van der Waals surface area contributed by atoms with Gasteiger partial charge in [0.15, 0.2) is 5.78 Å². The average Bonchev–Trinajstić information content (AvgIpc) is 2.48. The second kappa shape index (κ2) is 7.35. The van der Waals surface area contributed by atoms with Crippen molar-refractivity contribution in [3.8, 4) is 0 Å². The summed E-state index contributed by atoms with van der Waals surface area (Å²) in [7, 11) is 0. The smallest absolute Gasteiger partial charge is 0.173 e. The molecule has 0 unspecified atom stereocenters. The maximum Gasteiger partial charge on any atom is 0.173 e. The minimum Gasteiger partial charge on any atom is -0.293 e. The van der Waals surface area contributed by atoms with E-state index >= 15 is 0 Å². The number of carbonyl (C=O) groups is 1. The number of halogens is 2. The van der Waals surface area contributed by atoms with E-state index < -0.39 is 0 Å². The lowest BCUT2D eigenvalue weighted by Crippen LogP contribution is -2.02. The second-order valence-electron chi connectivity index (χ2n) is 5.06. The summed E-state index contributed by atoms with van der Waals surface area (Å²) in [4.78, 5) is 13.2. The van der Waals surface area contributed by atoms with Crippen LogP contribution >= 0.6 is 35.0 Å². The summed E-state index contributed by atoms with van der Waals surface area (Å²) in [6.07, 6.45) is 0. The van der Waals surface area contributed by atoms with E-state index in [1.807, 2.05) is 0 Å². The molecule has 1 nitrogen and oxygen atoms in total. The van der Waals surface area contributed by atoms with Crippen LogP contribution in [0.15, 0.2) is 47.4 Å². The van der Waals surface area contributed by atoms with Gasteiger partial charge in [-0.3, -0.25) is 4.79 Å². The predicted octanol–water partition coefficient (Wildman–Crippen LogP) is 6.09. The van der Waals surface area contributed by atoms with Crippen LogP contribution in [0, 0.1) is 0 Å². The fraction of sp³-hybridized carbons (Fsp3) is 0.235. The maximum absolute atomic E-state index is 12.1. The van der Waals surface area contributed by atoms with Crippen molar-refractivity contribution >= 4 is 40.7 Å². The average molecular weight is 339 g/mol. The van der Waals surface area contributed by atoms with Crippen molar-refractivity contribution in [2.24, 2.45) is 0 Å². The van der Waals surface area contributed by atoms with Crippen molar-refractivity contribution in [2.75, 3.05) is 5.75 Å². The van der Waals surface area contributed by atoms with Gasteiger partial charge in [-0.1, -0.05) is 49.2 Å². The van der Waals surface area contributed by atoms with E-state index in [2.05, 4.69) is 38.1 Å². The Hall–Kier alpha value is -0.960. The first-order chi connectivity index (χ1) is 9.97. The molecular weight excluding hydrogens is 323 g/mol. The molecule has 0 aliphatic heterocycles. The molecule has 0 heterocycles. The van der Waals surface area contributed by atoms with E-state index in [1.165, 1.54) is 17.3 Å². The molecule has 0 saturated heterocycles. The van der Waals surface area contributed by atoms with Gasteiger partial charge in [-0.05, 0) is 41.8 Å². The van der Waals surface area contributed by atoms with Crippen LogP contribution in [0.3, 0.4) is 0 Å². The second-order valence-corrected chi connectivity index (χ2v) is 6.93. The van der Waals surface area contributed by atoms with Gasteiger partial charge in [0.1, 0.15) is 0 Å². The van der Waals surface area contributed by atoms with Crippen molar-refractivity contribution in [3.05, 3.63) is 63.6 Å².